The van der Waals surface area contributed by atoms with Crippen LogP contribution in [0.4, 0.5) is 17.6 Å². The van der Waals surface area contributed by atoms with Gasteiger partial charge in [0, 0.05) is 5.56 Å². The van der Waals surface area contributed by atoms with Crippen molar-refractivity contribution in [2.45, 2.75) is 12.5 Å². The summed E-state index contributed by atoms with van der Waals surface area (Å²) in [6.07, 6.45) is -8.38. The molecule has 0 heterocycles. The lowest BCUT2D eigenvalue weighted by Gasteiger charge is -2.16. The summed E-state index contributed by atoms with van der Waals surface area (Å²) in [5.41, 5.74) is 0.390. The van der Waals surface area contributed by atoms with Gasteiger partial charge in [-0.05, 0) is 18.2 Å². The molecular weight excluding hydrogens is 256 g/mol. The van der Waals surface area contributed by atoms with E-state index in [1.54, 1.807) is 6.07 Å². The van der Waals surface area contributed by atoms with Gasteiger partial charge in [-0.2, -0.15) is 30.2 Å². The van der Waals surface area contributed by atoms with E-state index in [0.717, 1.165) is 12.1 Å². The van der Waals surface area contributed by atoms with Crippen LogP contribution in [0.5, 0.6) is 5.75 Å². The molecule has 1 nitrogen and oxygen atoms in total. The fourth-order valence-electron chi connectivity index (χ4n) is 0.981. The van der Waals surface area contributed by atoms with Gasteiger partial charge in [0.2, 0.25) is 0 Å². The highest BCUT2D eigenvalue weighted by Crippen LogP contribution is 2.27. The van der Waals surface area contributed by atoms with Crippen molar-refractivity contribution in [3.8, 4) is 17.6 Å². The number of halogens is 4. The molecule has 0 unspecified atom stereocenters. The molecule has 0 aliphatic heterocycles. The molecule has 0 aliphatic carbocycles. The van der Waals surface area contributed by atoms with Gasteiger partial charge in [-0.15, -0.1) is 0 Å². The SMILES string of the molecule is FC(F)C(F)(F)Oc1cccc(C#CCS)c1. The largest absolute Gasteiger partial charge is 0.461 e. The molecule has 0 amide bonds. The molecule has 0 saturated heterocycles. The maximum absolute atomic E-state index is 12.6. The van der Waals surface area contributed by atoms with Crippen LogP contribution in [0.25, 0.3) is 0 Å². The van der Waals surface area contributed by atoms with Crippen LogP contribution in [0.3, 0.4) is 0 Å². The van der Waals surface area contributed by atoms with Crippen LogP contribution in [0, 0.1) is 11.8 Å². The fraction of sp³-hybridized carbons (Fsp3) is 0.273. The van der Waals surface area contributed by atoms with E-state index in [1.807, 2.05) is 0 Å². The van der Waals surface area contributed by atoms with Crippen molar-refractivity contribution in [3.05, 3.63) is 29.8 Å². The van der Waals surface area contributed by atoms with E-state index in [4.69, 9.17) is 0 Å². The van der Waals surface area contributed by atoms with Gasteiger partial charge in [-0.1, -0.05) is 17.9 Å². The number of rotatable bonds is 3. The topological polar surface area (TPSA) is 9.23 Å². The Kier molecular flexibility index (Phi) is 4.70. The lowest BCUT2D eigenvalue weighted by atomic mass is 10.2. The molecule has 92 valence electrons. The third-order valence-corrected chi connectivity index (χ3v) is 1.81. The summed E-state index contributed by atoms with van der Waals surface area (Å²) in [4.78, 5) is 0. The Morgan fingerprint density at radius 2 is 2.06 bits per heavy atom. The Bertz CT molecular complexity index is 437. The van der Waals surface area contributed by atoms with E-state index in [0.29, 0.717) is 11.3 Å². The summed E-state index contributed by atoms with van der Waals surface area (Å²) >= 11 is 3.85. The molecule has 6 heteroatoms. The van der Waals surface area contributed by atoms with Gasteiger partial charge in [-0.3, -0.25) is 0 Å². The van der Waals surface area contributed by atoms with Crippen molar-refractivity contribution in [1.82, 2.24) is 0 Å². The van der Waals surface area contributed by atoms with Gasteiger partial charge in [0.25, 0.3) is 0 Å². The Morgan fingerprint density at radius 1 is 1.35 bits per heavy atom. The molecule has 17 heavy (non-hydrogen) atoms. The minimum atomic E-state index is -4.50. The van der Waals surface area contributed by atoms with E-state index < -0.39 is 12.5 Å². The molecule has 0 radical (unpaired) electrons. The van der Waals surface area contributed by atoms with Crippen LogP contribution in [-0.4, -0.2) is 18.3 Å². The minimum absolute atomic E-state index is 0.304. The second-order valence-electron chi connectivity index (χ2n) is 2.95. The predicted octanol–water partition coefficient (Wildman–Crippen LogP) is 3.20. The summed E-state index contributed by atoms with van der Waals surface area (Å²) in [6, 6.07) is 5.25. The average molecular weight is 264 g/mol. The zero-order valence-electron chi connectivity index (χ0n) is 8.46. The molecule has 0 atom stereocenters. The Hall–Kier alpha value is -1.35. The summed E-state index contributed by atoms with van der Waals surface area (Å²) in [5.74, 6) is 5.16. The second kappa shape index (κ2) is 5.82. The van der Waals surface area contributed by atoms with Gasteiger partial charge < -0.3 is 4.74 Å². The summed E-state index contributed by atoms with van der Waals surface area (Å²) in [5, 5.41) is 0. The van der Waals surface area contributed by atoms with E-state index in [1.165, 1.54) is 6.07 Å². The lowest BCUT2D eigenvalue weighted by molar-refractivity contribution is -0.253. The van der Waals surface area contributed by atoms with Gasteiger partial charge >= 0.3 is 12.5 Å². The van der Waals surface area contributed by atoms with Crippen LogP contribution in [-0.2, 0) is 0 Å². The van der Waals surface area contributed by atoms with Crippen LogP contribution >= 0.6 is 12.6 Å². The van der Waals surface area contributed by atoms with Crippen LogP contribution in [0.2, 0.25) is 0 Å². The van der Waals surface area contributed by atoms with Gasteiger partial charge in [0.15, 0.2) is 0 Å². The summed E-state index contributed by atoms with van der Waals surface area (Å²) in [7, 11) is 0. The molecule has 1 rings (SSSR count). The Labute approximate surface area is 101 Å². The van der Waals surface area contributed by atoms with Gasteiger partial charge in [0.05, 0.1) is 5.75 Å². The Morgan fingerprint density at radius 3 is 2.65 bits per heavy atom. The smallest absolute Gasteiger partial charge is 0.428 e. The maximum Gasteiger partial charge on any atom is 0.461 e. The van der Waals surface area contributed by atoms with Crippen molar-refractivity contribution in [2.75, 3.05) is 5.75 Å². The molecule has 0 aromatic heterocycles. The van der Waals surface area contributed by atoms with E-state index in [-0.39, 0.29) is 5.75 Å². The summed E-state index contributed by atoms with van der Waals surface area (Å²) < 4.78 is 52.9. The monoisotopic (exact) mass is 264 g/mol. The van der Waals surface area contributed by atoms with E-state index >= 15 is 0 Å². The van der Waals surface area contributed by atoms with Crippen LogP contribution in [0.15, 0.2) is 24.3 Å². The third kappa shape index (κ3) is 4.19. The molecule has 1 aromatic carbocycles. The molecule has 0 spiro atoms. The molecule has 0 saturated carbocycles. The number of ether oxygens (including phenoxy) is 1. The van der Waals surface area contributed by atoms with Gasteiger partial charge in [0.1, 0.15) is 5.75 Å². The van der Waals surface area contributed by atoms with Crippen molar-refractivity contribution >= 4 is 12.6 Å². The van der Waals surface area contributed by atoms with Crippen LogP contribution < -0.4 is 4.74 Å². The highest BCUT2D eigenvalue weighted by atomic mass is 32.1. The molecule has 1 aromatic rings. The second-order valence-corrected chi connectivity index (χ2v) is 3.27. The van der Waals surface area contributed by atoms with E-state index in [2.05, 4.69) is 29.2 Å². The van der Waals surface area contributed by atoms with Crippen molar-refractivity contribution in [2.24, 2.45) is 0 Å². The zero-order chi connectivity index (χ0) is 12.9. The average Bonchev–Trinajstić information content (AvgIpc) is 2.26. The fourth-order valence-corrected chi connectivity index (χ4v) is 1.06. The molecule has 0 fully saturated rings. The third-order valence-electron chi connectivity index (χ3n) is 1.65. The zero-order valence-corrected chi connectivity index (χ0v) is 9.36. The summed E-state index contributed by atoms with van der Waals surface area (Å²) in [6.45, 7) is 0. The quantitative estimate of drug-likeness (QED) is 0.501. The number of hydrogen-bond acceptors (Lipinski definition) is 2. The maximum atomic E-state index is 12.6. The molecular formula is C11H8F4OS. The molecule has 0 bridgehead atoms. The first-order chi connectivity index (χ1) is 7.95. The highest BCUT2D eigenvalue weighted by Gasteiger charge is 2.43. The highest BCUT2D eigenvalue weighted by molar-refractivity contribution is 7.80. The van der Waals surface area contributed by atoms with Crippen LogP contribution in [0.1, 0.15) is 5.56 Å². The number of hydrogen-bond donors (Lipinski definition) is 1. The predicted molar refractivity (Wildman–Crippen MR) is 58.8 cm³/mol. The molecule has 0 N–H and O–H groups in total. The number of alkyl halides is 4. The van der Waals surface area contributed by atoms with Gasteiger partial charge in [-0.25, -0.2) is 0 Å². The Balaban J connectivity index is 2.86. The lowest BCUT2D eigenvalue weighted by Crippen LogP contribution is -2.33. The van der Waals surface area contributed by atoms with E-state index in [9.17, 15) is 17.6 Å². The first-order valence-corrected chi connectivity index (χ1v) is 5.13. The van der Waals surface area contributed by atoms with Crippen molar-refractivity contribution in [3.63, 3.8) is 0 Å². The van der Waals surface area contributed by atoms with Crippen molar-refractivity contribution in [1.29, 1.82) is 0 Å². The normalized spacial score (nSPS) is 10.9. The number of benzene rings is 1. The first-order valence-electron chi connectivity index (χ1n) is 4.50. The standard InChI is InChI=1S/C11H8F4OS/c12-10(13)11(14,15)16-9-5-1-3-8(7-9)4-2-6-17/h1,3,5,7,10,17H,6H2. The number of thiol groups is 1. The molecule has 0 aliphatic rings. The first kappa shape index (κ1) is 13.7. The van der Waals surface area contributed by atoms with Crippen molar-refractivity contribution < 1.29 is 22.3 Å². The minimum Gasteiger partial charge on any atom is -0.428 e.